The highest BCUT2D eigenvalue weighted by atomic mass is 16.2. The molecule has 84 valence electrons. The van der Waals surface area contributed by atoms with E-state index in [0.29, 0.717) is 6.54 Å². The molecule has 15 heavy (non-hydrogen) atoms. The highest BCUT2D eigenvalue weighted by Crippen LogP contribution is 2.11. The van der Waals surface area contributed by atoms with Crippen molar-refractivity contribution in [1.82, 2.24) is 15.5 Å². The molecule has 2 amide bonds. The first-order chi connectivity index (χ1) is 7.16. The maximum atomic E-state index is 11.6. The number of nitrogens with zero attached hydrogens (tertiary/aromatic N) is 1. The number of hydrogen-bond acceptors (Lipinski definition) is 3. The molecule has 1 unspecified atom stereocenters. The van der Waals surface area contributed by atoms with Gasteiger partial charge >= 0.3 is 0 Å². The fourth-order valence-electron chi connectivity index (χ4n) is 1.96. The van der Waals surface area contributed by atoms with E-state index in [-0.39, 0.29) is 23.8 Å². The summed E-state index contributed by atoms with van der Waals surface area (Å²) in [5.74, 6) is 0.359. The summed E-state index contributed by atoms with van der Waals surface area (Å²) in [4.78, 5) is 24.5. The Morgan fingerprint density at radius 2 is 2.13 bits per heavy atom. The van der Waals surface area contributed by atoms with Crippen molar-refractivity contribution in [3.05, 3.63) is 0 Å². The van der Waals surface area contributed by atoms with Crippen molar-refractivity contribution in [3.63, 3.8) is 0 Å². The first-order valence-electron chi connectivity index (χ1n) is 5.43. The Balaban J connectivity index is 1.76. The molecule has 0 aromatic heterocycles. The maximum absolute atomic E-state index is 11.6. The molecule has 2 rings (SSSR count). The third kappa shape index (κ3) is 2.28. The molecule has 0 bridgehead atoms. The summed E-state index contributed by atoms with van der Waals surface area (Å²) in [7, 11) is 0. The largest absolute Gasteiger partial charge is 0.351 e. The van der Waals surface area contributed by atoms with Crippen LogP contribution in [-0.2, 0) is 9.59 Å². The van der Waals surface area contributed by atoms with E-state index in [4.69, 9.17) is 0 Å². The predicted octanol–water partition coefficient (Wildman–Crippen LogP) is -1.06. The fourth-order valence-corrected chi connectivity index (χ4v) is 1.96. The van der Waals surface area contributed by atoms with Crippen molar-refractivity contribution >= 4 is 11.8 Å². The second kappa shape index (κ2) is 4.18. The molecule has 2 N–H and O–H groups in total. The lowest BCUT2D eigenvalue weighted by molar-refractivity contribution is -0.129. The molecule has 0 aliphatic carbocycles. The quantitative estimate of drug-likeness (QED) is 0.612. The molecule has 2 aliphatic heterocycles. The molecule has 5 heteroatoms. The van der Waals surface area contributed by atoms with Crippen LogP contribution in [0.5, 0.6) is 0 Å². The van der Waals surface area contributed by atoms with Gasteiger partial charge in [-0.05, 0) is 6.42 Å². The van der Waals surface area contributed by atoms with E-state index < -0.39 is 0 Å². The second-order valence-corrected chi connectivity index (χ2v) is 4.31. The van der Waals surface area contributed by atoms with Gasteiger partial charge in [0.2, 0.25) is 11.8 Å². The Morgan fingerprint density at radius 1 is 1.40 bits per heavy atom. The summed E-state index contributed by atoms with van der Waals surface area (Å²) in [6.45, 7) is 4.58. The van der Waals surface area contributed by atoms with Gasteiger partial charge in [0.05, 0.1) is 5.92 Å². The SMILES string of the molecule is CC(=O)N1CCC(NC(=O)C2CNC2)C1. The van der Waals surface area contributed by atoms with Crippen molar-refractivity contribution in [3.8, 4) is 0 Å². The number of rotatable bonds is 2. The number of hydrogen-bond donors (Lipinski definition) is 2. The van der Waals surface area contributed by atoms with Gasteiger partial charge in [-0.3, -0.25) is 9.59 Å². The average Bonchev–Trinajstić information content (AvgIpc) is 2.48. The van der Waals surface area contributed by atoms with E-state index in [9.17, 15) is 9.59 Å². The predicted molar refractivity (Wildman–Crippen MR) is 55.2 cm³/mol. The normalized spacial score (nSPS) is 26.2. The van der Waals surface area contributed by atoms with Crippen molar-refractivity contribution in [2.24, 2.45) is 5.92 Å². The maximum Gasteiger partial charge on any atom is 0.225 e. The van der Waals surface area contributed by atoms with Crippen LogP contribution in [0.25, 0.3) is 0 Å². The van der Waals surface area contributed by atoms with Crippen molar-refractivity contribution in [1.29, 1.82) is 0 Å². The zero-order valence-corrected chi connectivity index (χ0v) is 8.95. The van der Waals surface area contributed by atoms with E-state index >= 15 is 0 Å². The summed E-state index contributed by atoms with van der Waals surface area (Å²) in [5.41, 5.74) is 0. The molecular weight excluding hydrogens is 194 g/mol. The van der Waals surface area contributed by atoms with E-state index in [2.05, 4.69) is 10.6 Å². The van der Waals surface area contributed by atoms with Gasteiger partial charge in [0.15, 0.2) is 0 Å². The third-order valence-corrected chi connectivity index (χ3v) is 3.13. The van der Waals surface area contributed by atoms with Crippen LogP contribution in [0.3, 0.4) is 0 Å². The lowest BCUT2D eigenvalue weighted by atomic mass is 10.0. The monoisotopic (exact) mass is 211 g/mol. The van der Waals surface area contributed by atoms with Crippen LogP contribution < -0.4 is 10.6 Å². The summed E-state index contributed by atoms with van der Waals surface area (Å²) in [6.07, 6.45) is 0.880. The third-order valence-electron chi connectivity index (χ3n) is 3.13. The van der Waals surface area contributed by atoms with Crippen LogP contribution in [0, 0.1) is 5.92 Å². The number of amides is 2. The van der Waals surface area contributed by atoms with E-state index in [0.717, 1.165) is 26.1 Å². The fraction of sp³-hybridized carbons (Fsp3) is 0.800. The number of likely N-dealkylation sites (tertiary alicyclic amines) is 1. The van der Waals surface area contributed by atoms with E-state index in [1.807, 2.05) is 0 Å². The van der Waals surface area contributed by atoms with Gasteiger partial charge in [0.25, 0.3) is 0 Å². The second-order valence-electron chi connectivity index (χ2n) is 4.31. The summed E-state index contributed by atoms with van der Waals surface area (Å²) in [5, 5.41) is 6.06. The number of carbonyl (C=O) groups excluding carboxylic acids is 2. The minimum atomic E-state index is 0.0945. The molecule has 0 aromatic carbocycles. The molecule has 5 nitrogen and oxygen atoms in total. The molecule has 0 spiro atoms. The highest BCUT2D eigenvalue weighted by Gasteiger charge is 2.30. The van der Waals surface area contributed by atoms with Gasteiger partial charge in [-0.2, -0.15) is 0 Å². The zero-order valence-electron chi connectivity index (χ0n) is 8.95. The Hall–Kier alpha value is -1.10. The van der Waals surface area contributed by atoms with Crippen molar-refractivity contribution < 1.29 is 9.59 Å². The molecule has 0 radical (unpaired) electrons. The summed E-state index contributed by atoms with van der Waals surface area (Å²) >= 11 is 0. The van der Waals surface area contributed by atoms with Gasteiger partial charge in [0, 0.05) is 39.1 Å². The van der Waals surface area contributed by atoms with Gasteiger partial charge < -0.3 is 15.5 Å². The summed E-state index contributed by atoms with van der Waals surface area (Å²) < 4.78 is 0. The molecule has 2 heterocycles. The Morgan fingerprint density at radius 3 is 2.60 bits per heavy atom. The van der Waals surface area contributed by atoms with Gasteiger partial charge in [-0.15, -0.1) is 0 Å². The van der Waals surface area contributed by atoms with Crippen molar-refractivity contribution in [2.45, 2.75) is 19.4 Å². The number of nitrogens with one attached hydrogen (secondary N) is 2. The van der Waals surface area contributed by atoms with Gasteiger partial charge in [-0.1, -0.05) is 0 Å². The molecule has 2 fully saturated rings. The van der Waals surface area contributed by atoms with Gasteiger partial charge in [0.1, 0.15) is 0 Å². The Kier molecular flexibility index (Phi) is 2.90. The van der Waals surface area contributed by atoms with E-state index in [1.54, 1.807) is 11.8 Å². The molecule has 1 atom stereocenters. The van der Waals surface area contributed by atoms with Crippen LogP contribution in [0.2, 0.25) is 0 Å². The van der Waals surface area contributed by atoms with Crippen LogP contribution in [-0.4, -0.2) is 48.9 Å². The standard InChI is InChI=1S/C10H17N3O2/c1-7(14)13-3-2-9(6-13)12-10(15)8-4-11-5-8/h8-9,11H,2-6H2,1H3,(H,12,15). The number of carbonyl (C=O) groups is 2. The lowest BCUT2D eigenvalue weighted by Crippen LogP contribution is -2.53. The Bertz CT molecular complexity index is 276. The topological polar surface area (TPSA) is 61.4 Å². The van der Waals surface area contributed by atoms with Crippen LogP contribution in [0.15, 0.2) is 0 Å². The van der Waals surface area contributed by atoms with Crippen LogP contribution in [0.1, 0.15) is 13.3 Å². The van der Waals surface area contributed by atoms with Crippen molar-refractivity contribution in [2.75, 3.05) is 26.2 Å². The minimum Gasteiger partial charge on any atom is -0.351 e. The van der Waals surface area contributed by atoms with Crippen LogP contribution >= 0.6 is 0 Å². The molecule has 0 saturated carbocycles. The van der Waals surface area contributed by atoms with Gasteiger partial charge in [-0.25, -0.2) is 0 Å². The first kappa shape index (κ1) is 10.4. The molecule has 0 aromatic rings. The van der Waals surface area contributed by atoms with E-state index in [1.165, 1.54) is 0 Å². The molecule has 2 saturated heterocycles. The smallest absolute Gasteiger partial charge is 0.225 e. The zero-order chi connectivity index (χ0) is 10.8. The minimum absolute atomic E-state index is 0.0945. The lowest BCUT2D eigenvalue weighted by Gasteiger charge is -2.27. The highest BCUT2D eigenvalue weighted by molar-refractivity contribution is 5.80. The molecular formula is C10H17N3O2. The first-order valence-corrected chi connectivity index (χ1v) is 5.43. The molecule has 2 aliphatic rings. The average molecular weight is 211 g/mol. The summed E-state index contributed by atoms with van der Waals surface area (Å²) in [6, 6.07) is 0.155. The Labute approximate surface area is 89.2 Å². The van der Waals surface area contributed by atoms with Crippen LogP contribution in [0.4, 0.5) is 0 Å².